The van der Waals surface area contributed by atoms with E-state index in [-0.39, 0.29) is 24.2 Å². The van der Waals surface area contributed by atoms with Crippen LogP contribution in [-0.4, -0.2) is 78.3 Å². The van der Waals surface area contributed by atoms with E-state index in [1.807, 2.05) is 12.1 Å². The number of morpholine rings is 1. The predicted octanol–water partition coefficient (Wildman–Crippen LogP) is 5.28. The molecule has 0 saturated carbocycles. The molecule has 0 aromatic heterocycles. The number of carbonyl (C=O) groups excluding carboxylic acids is 2. The van der Waals surface area contributed by atoms with E-state index in [0.717, 1.165) is 24.2 Å². The summed E-state index contributed by atoms with van der Waals surface area (Å²) in [5.74, 6) is -1.00. The van der Waals surface area contributed by atoms with Gasteiger partial charge < -0.3 is 9.64 Å². The largest absolute Gasteiger partial charge is 0.379 e. The smallest absolute Gasteiger partial charge is 0.262 e. The predicted molar refractivity (Wildman–Crippen MR) is 153 cm³/mol. The second-order valence-electron chi connectivity index (χ2n) is 9.72. The van der Waals surface area contributed by atoms with Crippen LogP contribution in [0, 0.1) is 5.82 Å². The van der Waals surface area contributed by atoms with Crippen LogP contribution in [0.3, 0.4) is 0 Å². The highest BCUT2D eigenvalue weighted by atomic mass is 35.5. The molecular weight excluding hydrogens is 554 g/mol. The second-order valence-corrected chi connectivity index (χ2v) is 10.6. The van der Waals surface area contributed by atoms with E-state index in [2.05, 4.69) is 10.0 Å². The number of halogens is 3. The molecule has 208 valence electrons. The fraction of sp³-hybridized carbons (Fsp3) is 0.300. The Bertz CT molecular complexity index is 1380. The van der Waals surface area contributed by atoms with Gasteiger partial charge in [0.05, 0.1) is 35.6 Å². The first-order valence-corrected chi connectivity index (χ1v) is 13.9. The van der Waals surface area contributed by atoms with E-state index < -0.39 is 6.04 Å². The lowest BCUT2D eigenvalue weighted by atomic mass is 9.98. The first-order chi connectivity index (χ1) is 19.4. The molecule has 2 heterocycles. The van der Waals surface area contributed by atoms with Crippen LogP contribution in [0.2, 0.25) is 10.0 Å². The third-order valence-corrected chi connectivity index (χ3v) is 7.69. The number of benzene rings is 3. The van der Waals surface area contributed by atoms with E-state index in [1.165, 1.54) is 22.0 Å². The molecule has 3 aromatic rings. The number of amides is 2. The maximum atomic E-state index is 13.9. The molecule has 3 aromatic carbocycles. The Kier molecular flexibility index (Phi) is 9.11. The molecule has 0 spiro atoms. The summed E-state index contributed by atoms with van der Waals surface area (Å²) >= 11 is 12.5. The highest BCUT2D eigenvalue weighted by molar-refractivity contribution is 6.33. The summed E-state index contributed by atoms with van der Waals surface area (Å²) in [4.78, 5) is 31.3. The van der Waals surface area contributed by atoms with Crippen LogP contribution in [-0.2, 0) is 9.53 Å². The van der Waals surface area contributed by atoms with Crippen molar-refractivity contribution in [1.29, 1.82) is 0 Å². The SMILES string of the molecule is O=C(c1ccccc1Cl)N(CCN1CCOCC1)CC(=O)N1N=C(c2ccc(F)cc2)C[C@@H]1c1ccc(Cl)cc1. The van der Waals surface area contributed by atoms with E-state index >= 15 is 0 Å². The highest BCUT2D eigenvalue weighted by Gasteiger charge is 2.35. The van der Waals surface area contributed by atoms with Crippen molar-refractivity contribution < 1.29 is 18.7 Å². The van der Waals surface area contributed by atoms with Crippen molar-refractivity contribution >= 4 is 40.7 Å². The molecule has 2 amide bonds. The minimum atomic E-state index is -0.402. The average molecular weight is 583 g/mol. The van der Waals surface area contributed by atoms with Crippen LogP contribution in [0.5, 0.6) is 0 Å². The lowest BCUT2D eigenvalue weighted by molar-refractivity contribution is -0.133. The maximum Gasteiger partial charge on any atom is 0.262 e. The molecule has 5 rings (SSSR count). The summed E-state index contributed by atoms with van der Waals surface area (Å²) in [6.45, 7) is 3.54. The fourth-order valence-electron chi connectivity index (χ4n) is 4.88. The van der Waals surface area contributed by atoms with Crippen LogP contribution < -0.4 is 0 Å². The number of hydrogen-bond donors (Lipinski definition) is 0. The van der Waals surface area contributed by atoms with Gasteiger partial charge in [0.1, 0.15) is 12.4 Å². The van der Waals surface area contributed by atoms with Crippen LogP contribution in [0.4, 0.5) is 4.39 Å². The third kappa shape index (κ3) is 6.70. The Labute approximate surface area is 242 Å². The van der Waals surface area contributed by atoms with Crippen molar-refractivity contribution in [3.05, 3.63) is 105 Å². The van der Waals surface area contributed by atoms with Crippen molar-refractivity contribution in [2.75, 3.05) is 45.9 Å². The van der Waals surface area contributed by atoms with Gasteiger partial charge in [-0.15, -0.1) is 0 Å². The Morgan fingerprint density at radius 1 is 0.975 bits per heavy atom. The minimum absolute atomic E-state index is 0.182. The first kappa shape index (κ1) is 28.2. The Hall–Kier alpha value is -3.30. The number of carbonyl (C=O) groups is 2. The molecule has 0 aliphatic carbocycles. The summed E-state index contributed by atoms with van der Waals surface area (Å²) in [5.41, 5.74) is 2.58. The molecule has 0 N–H and O–H groups in total. The van der Waals surface area contributed by atoms with Crippen LogP contribution >= 0.6 is 23.2 Å². The Balaban J connectivity index is 1.42. The van der Waals surface area contributed by atoms with E-state index in [1.54, 1.807) is 48.5 Å². The van der Waals surface area contributed by atoms with Crippen LogP contribution in [0.15, 0.2) is 77.9 Å². The van der Waals surface area contributed by atoms with Crippen molar-refractivity contribution in [3.8, 4) is 0 Å². The highest BCUT2D eigenvalue weighted by Crippen LogP contribution is 2.33. The monoisotopic (exact) mass is 582 g/mol. The third-order valence-electron chi connectivity index (χ3n) is 7.11. The lowest BCUT2D eigenvalue weighted by Crippen LogP contribution is -2.46. The van der Waals surface area contributed by atoms with Gasteiger partial charge in [-0.2, -0.15) is 5.10 Å². The molecule has 2 aliphatic rings. The van der Waals surface area contributed by atoms with Gasteiger partial charge in [0.2, 0.25) is 0 Å². The zero-order chi connectivity index (χ0) is 28.1. The molecule has 10 heteroatoms. The summed E-state index contributed by atoms with van der Waals surface area (Å²) in [6, 6.07) is 19.7. The quantitative estimate of drug-likeness (QED) is 0.362. The average Bonchev–Trinajstić information content (AvgIpc) is 3.42. The van der Waals surface area contributed by atoms with Crippen molar-refractivity contribution in [3.63, 3.8) is 0 Å². The van der Waals surface area contributed by atoms with Crippen LogP contribution in [0.25, 0.3) is 0 Å². The minimum Gasteiger partial charge on any atom is -0.379 e. The summed E-state index contributed by atoms with van der Waals surface area (Å²) in [5, 5.41) is 7.02. The van der Waals surface area contributed by atoms with Gasteiger partial charge in [0, 0.05) is 37.6 Å². The van der Waals surface area contributed by atoms with Gasteiger partial charge in [-0.1, -0.05) is 59.6 Å². The maximum absolute atomic E-state index is 13.9. The van der Waals surface area contributed by atoms with Crippen molar-refractivity contribution in [2.24, 2.45) is 5.10 Å². The van der Waals surface area contributed by atoms with E-state index in [4.69, 9.17) is 27.9 Å². The molecule has 7 nitrogen and oxygen atoms in total. The molecule has 2 aliphatic heterocycles. The number of rotatable bonds is 8. The summed E-state index contributed by atoms with van der Waals surface area (Å²) in [6.07, 6.45) is 0.436. The number of hydrogen-bond acceptors (Lipinski definition) is 5. The molecule has 0 unspecified atom stereocenters. The van der Waals surface area contributed by atoms with E-state index in [0.29, 0.717) is 54.0 Å². The van der Waals surface area contributed by atoms with Gasteiger partial charge in [-0.05, 0) is 47.5 Å². The van der Waals surface area contributed by atoms with Gasteiger partial charge in [0.25, 0.3) is 11.8 Å². The topological polar surface area (TPSA) is 65.5 Å². The zero-order valence-corrected chi connectivity index (χ0v) is 23.3. The Morgan fingerprint density at radius 2 is 1.68 bits per heavy atom. The second kappa shape index (κ2) is 12.9. The first-order valence-electron chi connectivity index (χ1n) is 13.1. The number of nitrogens with zero attached hydrogens (tertiary/aromatic N) is 4. The molecule has 1 saturated heterocycles. The molecule has 40 heavy (non-hydrogen) atoms. The van der Waals surface area contributed by atoms with Gasteiger partial charge in [-0.3, -0.25) is 14.5 Å². The molecule has 1 atom stereocenters. The molecule has 1 fully saturated rings. The number of hydrazone groups is 1. The van der Waals surface area contributed by atoms with Gasteiger partial charge in [-0.25, -0.2) is 9.40 Å². The normalized spacial score (nSPS) is 17.5. The van der Waals surface area contributed by atoms with Crippen molar-refractivity contribution in [1.82, 2.24) is 14.8 Å². The molecular formula is C30H29Cl2FN4O3. The van der Waals surface area contributed by atoms with Gasteiger partial charge in [0.15, 0.2) is 0 Å². The lowest BCUT2D eigenvalue weighted by Gasteiger charge is -2.31. The van der Waals surface area contributed by atoms with Crippen LogP contribution in [0.1, 0.15) is 33.9 Å². The number of ether oxygens (including phenoxy) is 1. The molecule has 0 bridgehead atoms. The molecule has 0 radical (unpaired) electrons. The fourth-order valence-corrected chi connectivity index (χ4v) is 5.22. The Morgan fingerprint density at radius 3 is 2.38 bits per heavy atom. The standard InChI is InChI=1S/C30H29Cl2FN4O3/c31-23-9-5-22(6-10-23)28-19-27(21-7-11-24(33)12-8-21)34-37(28)29(38)20-36(14-13-35-15-17-40-18-16-35)30(39)25-3-1-2-4-26(25)32/h1-12,28H,13-20H2/t28-/m1/s1. The summed E-state index contributed by atoms with van der Waals surface area (Å²) in [7, 11) is 0. The zero-order valence-electron chi connectivity index (χ0n) is 21.8. The van der Waals surface area contributed by atoms with Crippen molar-refractivity contribution in [2.45, 2.75) is 12.5 Å². The van der Waals surface area contributed by atoms with Gasteiger partial charge >= 0.3 is 0 Å². The summed E-state index contributed by atoms with van der Waals surface area (Å²) < 4.78 is 19.0. The van der Waals surface area contributed by atoms with E-state index in [9.17, 15) is 14.0 Å².